The molecule has 0 aliphatic carbocycles. The van der Waals surface area contributed by atoms with Crippen LogP contribution in [0, 0.1) is 0 Å². The van der Waals surface area contributed by atoms with Crippen LogP contribution >= 0.6 is 0 Å². The Kier molecular flexibility index (Phi) is 6.59. The Labute approximate surface area is 159 Å². The first kappa shape index (κ1) is 19.5. The lowest BCUT2D eigenvalue weighted by molar-refractivity contribution is -0.123. The highest BCUT2D eigenvalue weighted by molar-refractivity contribution is 7.88. The van der Waals surface area contributed by atoms with E-state index in [1.165, 1.54) is 4.31 Å². The van der Waals surface area contributed by atoms with E-state index in [9.17, 15) is 13.2 Å². The van der Waals surface area contributed by atoms with Gasteiger partial charge < -0.3 is 10.1 Å². The van der Waals surface area contributed by atoms with Gasteiger partial charge in [-0.3, -0.25) is 9.48 Å². The highest BCUT2D eigenvalue weighted by atomic mass is 32.2. The van der Waals surface area contributed by atoms with Crippen molar-refractivity contribution in [2.75, 3.05) is 26.3 Å². The molecule has 8 nitrogen and oxygen atoms in total. The van der Waals surface area contributed by atoms with E-state index in [1.54, 1.807) is 23.0 Å². The lowest BCUT2D eigenvalue weighted by atomic mass is 10.2. The molecule has 2 heterocycles. The maximum atomic E-state index is 12.8. The van der Waals surface area contributed by atoms with Crippen LogP contribution in [-0.4, -0.2) is 60.8 Å². The molecule has 146 valence electrons. The summed E-state index contributed by atoms with van der Waals surface area (Å²) in [5.74, 6) is -0.275. The zero-order valence-corrected chi connectivity index (χ0v) is 15.8. The van der Waals surface area contributed by atoms with Crippen molar-refractivity contribution < 1.29 is 17.9 Å². The van der Waals surface area contributed by atoms with E-state index < -0.39 is 16.1 Å². The Morgan fingerprint density at radius 3 is 2.81 bits per heavy atom. The van der Waals surface area contributed by atoms with Crippen LogP contribution in [-0.2, 0) is 31.9 Å². The molecule has 3 rings (SSSR count). The number of morpholine rings is 1. The van der Waals surface area contributed by atoms with Gasteiger partial charge in [-0.2, -0.15) is 9.40 Å². The molecule has 1 aliphatic heterocycles. The molecule has 0 bridgehead atoms. The average molecular weight is 392 g/mol. The minimum absolute atomic E-state index is 0.0765. The minimum atomic E-state index is -3.53. The van der Waals surface area contributed by atoms with Gasteiger partial charge in [0.25, 0.3) is 0 Å². The second-order valence-electron chi connectivity index (χ2n) is 6.40. The number of sulfonamides is 1. The van der Waals surface area contributed by atoms with Crippen molar-refractivity contribution in [2.45, 2.75) is 24.8 Å². The molecule has 0 saturated carbocycles. The van der Waals surface area contributed by atoms with Gasteiger partial charge in [0.15, 0.2) is 0 Å². The molecule has 1 amide bonds. The van der Waals surface area contributed by atoms with Crippen molar-refractivity contribution in [1.82, 2.24) is 19.4 Å². The number of hydrogen-bond donors (Lipinski definition) is 1. The van der Waals surface area contributed by atoms with Crippen LogP contribution < -0.4 is 5.32 Å². The SMILES string of the molecule is O=C(CC1COCCN1S(=O)(=O)Cc1ccccc1)NCCn1cccn1. The van der Waals surface area contributed by atoms with Crippen molar-refractivity contribution >= 4 is 15.9 Å². The van der Waals surface area contributed by atoms with Gasteiger partial charge in [0.1, 0.15) is 0 Å². The monoisotopic (exact) mass is 392 g/mol. The van der Waals surface area contributed by atoms with Crippen molar-refractivity contribution in [3.05, 3.63) is 54.4 Å². The Bertz CT molecular complexity index is 824. The van der Waals surface area contributed by atoms with Crippen molar-refractivity contribution in [3.8, 4) is 0 Å². The summed E-state index contributed by atoms with van der Waals surface area (Å²) in [5.41, 5.74) is 0.728. The van der Waals surface area contributed by atoms with Gasteiger partial charge in [-0.1, -0.05) is 30.3 Å². The van der Waals surface area contributed by atoms with Crippen LogP contribution in [0.15, 0.2) is 48.8 Å². The van der Waals surface area contributed by atoms with E-state index >= 15 is 0 Å². The summed E-state index contributed by atoms with van der Waals surface area (Å²) in [6.45, 7) is 1.83. The fourth-order valence-electron chi connectivity index (χ4n) is 3.06. The molecule has 9 heteroatoms. The third-order valence-corrected chi connectivity index (χ3v) is 6.26. The Morgan fingerprint density at radius 1 is 1.26 bits per heavy atom. The summed E-state index contributed by atoms with van der Waals surface area (Å²) in [4.78, 5) is 12.3. The first-order chi connectivity index (χ1) is 13.0. The van der Waals surface area contributed by atoms with E-state index in [1.807, 2.05) is 30.5 Å². The molecule has 1 aromatic carbocycles. The lowest BCUT2D eigenvalue weighted by Crippen LogP contribution is -2.50. The van der Waals surface area contributed by atoms with E-state index in [-0.39, 0.29) is 31.2 Å². The number of nitrogens with one attached hydrogen (secondary N) is 1. The fraction of sp³-hybridized carbons (Fsp3) is 0.444. The van der Waals surface area contributed by atoms with Crippen LogP contribution in [0.2, 0.25) is 0 Å². The highest BCUT2D eigenvalue weighted by Crippen LogP contribution is 2.19. The average Bonchev–Trinajstić information content (AvgIpc) is 3.16. The molecule has 2 aromatic rings. The smallest absolute Gasteiger partial charge is 0.221 e. The van der Waals surface area contributed by atoms with Crippen molar-refractivity contribution in [1.29, 1.82) is 0 Å². The maximum Gasteiger partial charge on any atom is 0.221 e. The number of hydrogen-bond acceptors (Lipinski definition) is 5. The van der Waals surface area contributed by atoms with Gasteiger partial charge >= 0.3 is 0 Å². The van der Waals surface area contributed by atoms with Crippen molar-refractivity contribution in [2.24, 2.45) is 0 Å². The summed E-state index contributed by atoms with van der Waals surface area (Å²) >= 11 is 0. The van der Waals surface area contributed by atoms with E-state index in [0.717, 1.165) is 5.56 Å². The first-order valence-corrected chi connectivity index (χ1v) is 10.5. The molecule has 1 N–H and O–H groups in total. The van der Waals surface area contributed by atoms with E-state index in [4.69, 9.17) is 4.74 Å². The van der Waals surface area contributed by atoms with Crippen LogP contribution in [0.5, 0.6) is 0 Å². The molecule has 0 radical (unpaired) electrons. The first-order valence-electron chi connectivity index (χ1n) is 8.90. The molecular weight excluding hydrogens is 368 g/mol. The predicted octanol–water partition coefficient (Wildman–Crippen LogP) is 0.620. The van der Waals surface area contributed by atoms with E-state index in [0.29, 0.717) is 19.7 Å². The highest BCUT2D eigenvalue weighted by Gasteiger charge is 2.34. The summed E-state index contributed by atoms with van der Waals surface area (Å²) in [7, 11) is -3.53. The topological polar surface area (TPSA) is 93.5 Å². The van der Waals surface area contributed by atoms with Gasteiger partial charge in [-0.25, -0.2) is 8.42 Å². The Hall–Kier alpha value is -2.23. The third kappa shape index (κ3) is 5.62. The molecule has 1 saturated heterocycles. The summed E-state index contributed by atoms with van der Waals surface area (Å²) in [6.07, 6.45) is 3.57. The summed E-state index contributed by atoms with van der Waals surface area (Å²) < 4.78 is 34.2. The molecule has 1 fully saturated rings. The van der Waals surface area contributed by atoms with Gasteiger partial charge in [0, 0.05) is 31.9 Å². The molecular formula is C18H24N4O4S. The standard InChI is InChI=1S/C18H24N4O4S/c23-18(19-8-10-21-9-4-7-20-21)13-17-14-26-12-11-22(17)27(24,25)15-16-5-2-1-3-6-16/h1-7,9,17H,8,10-15H2,(H,19,23). The zero-order valence-electron chi connectivity index (χ0n) is 15.0. The number of carbonyl (C=O) groups excluding carboxylic acids is 1. The number of amides is 1. The minimum Gasteiger partial charge on any atom is -0.378 e. The molecule has 0 spiro atoms. The number of carbonyl (C=O) groups is 1. The molecule has 1 unspecified atom stereocenters. The molecule has 1 aromatic heterocycles. The zero-order chi connectivity index (χ0) is 19.1. The van der Waals surface area contributed by atoms with Gasteiger partial charge in [-0.05, 0) is 11.6 Å². The fourth-order valence-corrected chi connectivity index (χ4v) is 4.78. The number of benzene rings is 1. The second-order valence-corrected chi connectivity index (χ2v) is 8.33. The normalized spacial score (nSPS) is 18.3. The number of aromatic nitrogens is 2. The van der Waals surface area contributed by atoms with Gasteiger partial charge in [-0.15, -0.1) is 0 Å². The van der Waals surface area contributed by atoms with Gasteiger partial charge in [0.05, 0.1) is 31.6 Å². The molecule has 27 heavy (non-hydrogen) atoms. The van der Waals surface area contributed by atoms with E-state index in [2.05, 4.69) is 10.4 Å². The van der Waals surface area contributed by atoms with Crippen LogP contribution in [0.1, 0.15) is 12.0 Å². The molecule has 1 atom stereocenters. The number of ether oxygens (including phenoxy) is 1. The van der Waals surface area contributed by atoms with Crippen LogP contribution in [0.25, 0.3) is 0 Å². The quantitative estimate of drug-likeness (QED) is 0.711. The predicted molar refractivity (Wildman–Crippen MR) is 100 cm³/mol. The number of nitrogens with zero attached hydrogens (tertiary/aromatic N) is 3. The third-order valence-electron chi connectivity index (χ3n) is 4.37. The second kappa shape index (κ2) is 9.12. The van der Waals surface area contributed by atoms with Crippen molar-refractivity contribution in [3.63, 3.8) is 0 Å². The molecule has 1 aliphatic rings. The Balaban J connectivity index is 1.56. The maximum absolute atomic E-state index is 12.8. The largest absolute Gasteiger partial charge is 0.378 e. The van der Waals surface area contributed by atoms with Crippen LogP contribution in [0.4, 0.5) is 0 Å². The lowest BCUT2D eigenvalue weighted by Gasteiger charge is -2.34. The summed E-state index contributed by atoms with van der Waals surface area (Å²) in [6, 6.07) is 10.4. The van der Waals surface area contributed by atoms with Gasteiger partial charge in [0.2, 0.25) is 15.9 Å². The summed E-state index contributed by atoms with van der Waals surface area (Å²) in [5, 5.41) is 6.88. The Morgan fingerprint density at radius 2 is 2.07 bits per heavy atom. The number of rotatable bonds is 8. The van der Waals surface area contributed by atoms with Crippen LogP contribution in [0.3, 0.4) is 0 Å².